The van der Waals surface area contributed by atoms with Crippen molar-refractivity contribution in [2.24, 2.45) is 5.92 Å². The highest BCUT2D eigenvalue weighted by molar-refractivity contribution is 7.85. The lowest BCUT2D eigenvalue weighted by atomic mass is 10.1. The first-order valence-corrected chi connectivity index (χ1v) is 8.46. The molecule has 1 aromatic rings. The molecule has 0 unspecified atom stereocenters. The zero-order valence-electron chi connectivity index (χ0n) is 11.7. The van der Waals surface area contributed by atoms with Crippen LogP contribution in [0, 0.1) is 5.92 Å². The van der Waals surface area contributed by atoms with E-state index in [-0.39, 0.29) is 0 Å². The van der Waals surface area contributed by atoms with Gasteiger partial charge >= 0.3 is 0 Å². The van der Waals surface area contributed by atoms with Crippen molar-refractivity contribution in [2.45, 2.75) is 32.7 Å². The number of hydrogen-bond donors (Lipinski definition) is 1. The van der Waals surface area contributed by atoms with Crippen LogP contribution in [0.2, 0.25) is 0 Å². The maximum atomic E-state index is 11.3. The third kappa shape index (κ3) is 4.86. The second-order valence-corrected chi connectivity index (χ2v) is 7.20. The van der Waals surface area contributed by atoms with E-state index in [2.05, 4.69) is 25.2 Å². The molecule has 0 aliphatic carbocycles. The Labute approximate surface area is 118 Å². The summed E-state index contributed by atoms with van der Waals surface area (Å²) in [7, 11) is -0.596. The van der Waals surface area contributed by atoms with Gasteiger partial charge in [-0.25, -0.2) is 0 Å². The molecule has 1 aliphatic heterocycles. The summed E-state index contributed by atoms with van der Waals surface area (Å²) in [4.78, 5) is 0. The Kier molecular flexibility index (Phi) is 5.25. The van der Waals surface area contributed by atoms with Gasteiger partial charge in [0.15, 0.2) is 0 Å². The van der Waals surface area contributed by atoms with E-state index in [0.717, 1.165) is 42.4 Å². The molecular weight excluding hydrogens is 258 g/mol. The van der Waals surface area contributed by atoms with Gasteiger partial charge in [-0.1, -0.05) is 19.9 Å². The van der Waals surface area contributed by atoms with Crippen molar-refractivity contribution in [3.05, 3.63) is 24.3 Å². The number of rotatable bonds is 5. The molecule has 1 fully saturated rings. The van der Waals surface area contributed by atoms with Gasteiger partial charge in [-0.2, -0.15) is 0 Å². The van der Waals surface area contributed by atoms with Gasteiger partial charge in [-0.05, 0) is 30.9 Å². The summed E-state index contributed by atoms with van der Waals surface area (Å²) in [6.45, 7) is 5.03. The maximum Gasteiger partial charge on any atom is 0.121 e. The monoisotopic (exact) mass is 281 g/mol. The van der Waals surface area contributed by atoms with Crippen LogP contribution in [-0.4, -0.2) is 28.4 Å². The van der Waals surface area contributed by atoms with Gasteiger partial charge in [0.05, 0.1) is 6.61 Å². The minimum absolute atomic E-state index is 0.443. The molecule has 0 amide bonds. The van der Waals surface area contributed by atoms with E-state index in [0.29, 0.717) is 12.0 Å². The van der Waals surface area contributed by atoms with Gasteiger partial charge in [0.2, 0.25) is 0 Å². The zero-order chi connectivity index (χ0) is 13.7. The SMILES string of the molecule is CC(C)COc1cccc(NC2CCS(=O)CC2)c1. The lowest BCUT2D eigenvalue weighted by Gasteiger charge is -2.23. The lowest BCUT2D eigenvalue weighted by molar-refractivity contribution is 0.271. The van der Waals surface area contributed by atoms with Crippen molar-refractivity contribution in [3.8, 4) is 5.75 Å². The van der Waals surface area contributed by atoms with Crippen molar-refractivity contribution < 1.29 is 8.95 Å². The van der Waals surface area contributed by atoms with E-state index in [4.69, 9.17) is 4.74 Å². The van der Waals surface area contributed by atoms with E-state index in [9.17, 15) is 4.21 Å². The van der Waals surface area contributed by atoms with Crippen molar-refractivity contribution in [1.29, 1.82) is 0 Å². The average Bonchev–Trinajstić information content (AvgIpc) is 2.40. The van der Waals surface area contributed by atoms with Gasteiger partial charge in [-0.15, -0.1) is 0 Å². The molecule has 0 radical (unpaired) electrons. The molecule has 1 aliphatic rings. The fraction of sp³-hybridized carbons (Fsp3) is 0.600. The number of anilines is 1. The second-order valence-electron chi connectivity index (χ2n) is 5.50. The van der Waals surface area contributed by atoms with Crippen molar-refractivity contribution in [3.63, 3.8) is 0 Å². The molecule has 1 aromatic carbocycles. The molecule has 2 rings (SSSR count). The predicted molar refractivity (Wildman–Crippen MR) is 81.3 cm³/mol. The highest BCUT2D eigenvalue weighted by Crippen LogP contribution is 2.21. The molecule has 3 nitrogen and oxygen atoms in total. The minimum Gasteiger partial charge on any atom is -0.493 e. The third-order valence-electron chi connectivity index (χ3n) is 3.18. The van der Waals surface area contributed by atoms with E-state index < -0.39 is 10.8 Å². The van der Waals surface area contributed by atoms with Crippen LogP contribution in [0.3, 0.4) is 0 Å². The molecule has 0 spiro atoms. The molecule has 1 N–H and O–H groups in total. The summed E-state index contributed by atoms with van der Waals surface area (Å²) in [5.74, 6) is 3.09. The van der Waals surface area contributed by atoms with Crippen LogP contribution in [0.15, 0.2) is 24.3 Å². The maximum absolute atomic E-state index is 11.3. The van der Waals surface area contributed by atoms with Gasteiger partial charge in [0, 0.05) is 40.1 Å². The third-order valence-corrected chi connectivity index (χ3v) is 4.56. The Morgan fingerprint density at radius 2 is 2.11 bits per heavy atom. The summed E-state index contributed by atoms with van der Waals surface area (Å²) < 4.78 is 17.1. The predicted octanol–water partition coefficient (Wildman–Crippen LogP) is 3.04. The van der Waals surface area contributed by atoms with E-state index in [1.165, 1.54) is 0 Å². The summed E-state index contributed by atoms with van der Waals surface area (Å²) >= 11 is 0. The first kappa shape index (κ1) is 14.4. The first-order valence-electron chi connectivity index (χ1n) is 6.98. The van der Waals surface area contributed by atoms with Gasteiger partial charge in [0.25, 0.3) is 0 Å². The van der Waals surface area contributed by atoms with Gasteiger partial charge in [-0.3, -0.25) is 4.21 Å². The fourth-order valence-corrected chi connectivity index (χ4v) is 3.41. The van der Waals surface area contributed by atoms with E-state index in [1.807, 2.05) is 18.2 Å². The topological polar surface area (TPSA) is 38.3 Å². The molecule has 0 bridgehead atoms. The Morgan fingerprint density at radius 1 is 1.37 bits per heavy atom. The number of nitrogens with one attached hydrogen (secondary N) is 1. The van der Waals surface area contributed by atoms with Crippen molar-refractivity contribution >= 4 is 16.5 Å². The minimum atomic E-state index is -0.596. The Bertz CT molecular complexity index is 424. The zero-order valence-corrected chi connectivity index (χ0v) is 12.5. The first-order chi connectivity index (χ1) is 9.13. The molecule has 0 aromatic heterocycles. The van der Waals surface area contributed by atoms with Gasteiger partial charge in [0.1, 0.15) is 5.75 Å². The number of benzene rings is 1. The summed E-state index contributed by atoms with van der Waals surface area (Å²) in [6.07, 6.45) is 1.98. The van der Waals surface area contributed by atoms with Crippen LogP contribution in [-0.2, 0) is 10.8 Å². The molecular formula is C15H23NO2S. The van der Waals surface area contributed by atoms with Crippen LogP contribution >= 0.6 is 0 Å². The highest BCUT2D eigenvalue weighted by atomic mass is 32.2. The Morgan fingerprint density at radius 3 is 2.79 bits per heavy atom. The van der Waals surface area contributed by atoms with Crippen LogP contribution in [0.1, 0.15) is 26.7 Å². The molecule has 0 saturated carbocycles. The number of hydrogen-bond acceptors (Lipinski definition) is 3. The largest absolute Gasteiger partial charge is 0.493 e. The second kappa shape index (κ2) is 6.94. The van der Waals surface area contributed by atoms with Gasteiger partial charge < -0.3 is 10.1 Å². The average molecular weight is 281 g/mol. The summed E-state index contributed by atoms with van der Waals surface area (Å²) in [6, 6.07) is 8.56. The number of ether oxygens (including phenoxy) is 1. The molecule has 4 heteroatoms. The standard InChI is InChI=1S/C15H23NO2S/c1-12(2)11-18-15-5-3-4-14(10-15)16-13-6-8-19(17)9-7-13/h3-5,10,12-13,16H,6-9,11H2,1-2H3. The molecule has 106 valence electrons. The fourth-order valence-electron chi connectivity index (χ4n) is 2.11. The van der Waals surface area contributed by atoms with Crippen molar-refractivity contribution in [1.82, 2.24) is 0 Å². The molecule has 1 heterocycles. The van der Waals surface area contributed by atoms with Crippen LogP contribution in [0.4, 0.5) is 5.69 Å². The molecule has 1 saturated heterocycles. The molecule has 0 atom stereocenters. The Balaban J connectivity index is 1.89. The smallest absolute Gasteiger partial charge is 0.121 e. The summed E-state index contributed by atoms with van der Waals surface area (Å²) in [5, 5.41) is 3.51. The Hall–Kier alpha value is -1.03. The molecule has 19 heavy (non-hydrogen) atoms. The lowest BCUT2D eigenvalue weighted by Crippen LogP contribution is -2.29. The normalized spacial score (nSPS) is 23.3. The van der Waals surface area contributed by atoms with E-state index >= 15 is 0 Å². The highest BCUT2D eigenvalue weighted by Gasteiger charge is 2.17. The quantitative estimate of drug-likeness (QED) is 0.901. The summed E-state index contributed by atoms with van der Waals surface area (Å²) in [5.41, 5.74) is 1.10. The van der Waals surface area contributed by atoms with Crippen molar-refractivity contribution in [2.75, 3.05) is 23.4 Å². The van der Waals surface area contributed by atoms with Crippen LogP contribution in [0.5, 0.6) is 5.75 Å². The van der Waals surface area contributed by atoms with E-state index in [1.54, 1.807) is 0 Å². The van der Waals surface area contributed by atoms with Crippen LogP contribution in [0.25, 0.3) is 0 Å². The van der Waals surface area contributed by atoms with Crippen LogP contribution < -0.4 is 10.1 Å².